The van der Waals surface area contributed by atoms with E-state index >= 15 is 0 Å². The van der Waals surface area contributed by atoms with Crippen molar-refractivity contribution in [1.82, 2.24) is 0 Å². The first-order chi connectivity index (χ1) is 13.5. The summed E-state index contributed by atoms with van der Waals surface area (Å²) in [7, 11) is -2.51. The molecule has 0 bridgehead atoms. The van der Waals surface area contributed by atoms with E-state index in [0.717, 1.165) is 10.8 Å². The lowest BCUT2D eigenvalue weighted by Crippen LogP contribution is -2.33. The molecular formula is C20H23ClNO5P. The highest BCUT2D eigenvalue weighted by Crippen LogP contribution is 2.38. The minimum Gasteiger partial charge on any atom is -0.575 e. The zero-order chi connectivity index (χ0) is 20.1. The third-order valence-electron chi connectivity index (χ3n) is 4.54. The molecule has 1 unspecified atom stereocenters. The maximum Gasteiger partial charge on any atom is 0.395 e. The molecule has 0 radical (unpaired) electrons. The number of nitrogens with zero attached hydrogens (tertiary/aromatic N) is 1. The van der Waals surface area contributed by atoms with Crippen LogP contribution in [-0.4, -0.2) is 31.3 Å². The van der Waals surface area contributed by atoms with E-state index in [1.165, 1.54) is 0 Å². The van der Waals surface area contributed by atoms with Crippen LogP contribution in [-0.2, 0) is 14.3 Å². The van der Waals surface area contributed by atoms with Crippen LogP contribution in [0, 0.1) is 5.92 Å². The third kappa shape index (κ3) is 5.21. The molecule has 3 rings (SSSR count). The number of hydrogen-bond donors (Lipinski definition) is 0. The average Bonchev–Trinajstić information content (AvgIpc) is 2.69. The van der Waals surface area contributed by atoms with Gasteiger partial charge in [-0.3, -0.25) is 4.52 Å². The molecule has 0 aliphatic carbocycles. The fourth-order valence-corrected chi connectivity index (χ4v) is 4.21. The Kier molecular flexibility index (Phi) is 7.24. The van der Waals surface area contributed by atoms with Crippen molar-refractivity contribution in [1.29, 1.82) is 0 Å². The second kappa shape index (κ2) is 9.66. The highest BCUT2D eigenvalue weighted by atomic mass is 35.5. The van der Waals surface area contributed by atoms with E-state index in [1.54, 1.807) is 6.07 Å². The molecule has 8 heteroatoms. The van der Waals surface area contributed by atoms with E-state index in [2.05, 4.69) is 4.74 Å². The van der Waals surface area contributed by atoms with Crippen LogP contribution in [0.3, 0.4) is 0 Å². The predicted molar refractivity (Wildman–Crippen MR) is 107 cm³/mol. The Morgan fingerprint density at radius 2 is 1.96 bits per heavy atom. The van der Waals surface area contributed by atoms with Crippen LogP contribution in [0.2, 0.25) is 5.02 Å². The minimum atomic E-state index is -2.51. The van der Waals surface area contributed by atoms with Gasteiger partial charge < -0.3 is 14.4 Å². The Hall–Kier alpha value is -1.72. The van der Waals surface area contributed by atoms with Crippen LogP contribution in [0.15, 0.2) is 41.1 Å². The summed E-state index contributed by atoms with van der Waals surface area (Å²) in [5.74, 6) is -0.374. The number of carbonyl (C=O) groups is 1. The Bertz CT molecular complexity index is 867. The molecule has 2 aromatic rings. The van der Waals surface area contributed by atoms with Gasteiger partial charge in [-0.1, -0.05) is 60.5 Å². The summed E-state index contributed by atoms with van der Waals surface area (Å²) < 4.78 is 20.5. The van der Waals surface area contributed by atoms with Gasteiger partial charge in [-0.15, -0.1) is 0 Å². The van der Waals surface area contributed by atoms with Gasteiger partial charge in [0.05, 0.1) is 18.2 Å². The molecule has 0 spiro atoms. The molecule has 1 aliphatic heterocycles. The summed E-state index contributed by atoms with van der Waals surface area (Å²) in [6.07, 6.45) is 1.12. The number of hydrogen-bond acceptors (Lipinski definition) is 6. The van der Waals surface area contributed by atoms with Gasteiger partial charge >= 0.3 is 14.1 Å². The molecule has 0 amide bonds. The van der Waals surface area contributed by atoms with Gasteiger partial charge in [-0.25, -0.2) is 4.79 Å². The van der Waals surface area contributed by atoms with Crippen molar-refractivity contribution in [3.63, 3.8) is 0 Å². The maximum absolute atomic E-state index is 12.6. The number of ether oxygens (including phenoxy) is 2. The van der Waals surface area contributed by atoms with Crippen molar-refractivity contribution in [3.05, 3.63) is 41.4 Å². The molecule has 28 heavy (non-hydrogen) atoms. The molecule has 1 fully saturated rings. The van der Waals surface area contributed by atoms with Crippen molar-refractivity contribution < 1.29 is 23.7 Å². The summed E-state index contributed by atoms with van der Waals surface area (Å²) in [6.45, 7) is 4.79. The lowest BCUT2D eigenvalue weighted by molar-refractivity contribution is -0.170. The minimum absolute atomic E-state index is 0.183. The molecule has 1 heterocycles. The number of carbonyl (C=O) groups excluding carboxylic acids is 1. The largest absolute Gasteiger partial charge is 0.575 e. The third-order valence-corrected chi connectivity index (χ3v) is 5.62. The molecule has 2 aromatic carbocycles. The Morgan fingerprint density at radius 3 is 2.68 bits per heavy atom. The summed E-state index contributed by atoms with van der Waals surface area (Å²) in [5.41, 5.74) is 0. The maximum atomic E-state index is 12.6. The fourth-order valence-electron chi connectivity index (χ4n) is 2.99. The molecule has 1 aliphatic rings. The summed E-state index contributed by atoms with van der Waals surface area (Å²) >= 11 is 6.24. The second-order valence-corrected chi connectivity index (χ2v) is 8.28. The van der Waals surface area contributed by atoms with E-state index in [1.807, 2.05) is 44.2 Å². The van der Waals surface area contributed by atoms with Gasteiger partial charge in [-0.05, 0) is 17.4 Å². The van der Waals surface area contributed by atoms with Crippen LogP contribution in [0.25, 0.3) is 10.8 Å². The van der Waals surface area contributed by atoms with Gasteiger partial charge in [0.15, 0.2) is 6.04 Å². The molecule has 0 aromatic heterocycles. The van der Waals surface area contributed by atoms with Crippen molar-refractivity contribution in [3.8, 4) is 5.75 Å². The first-order valence-electron chi connectivity index (χ1n) is 9.27. The van der Waals surface area contributed by atoms with Crippen LogP contribution in [0.5, 0.6) is 5.75 Å². The quantitative estimate of drug-likeness (QED) is 0.505. The fraction of sp³-hybridized carbons (Fsp3) is 0.450. The normalized spacial score (nSPS) is 17.0. The van der Waals surface area contributed by atoms with Gasteiger partial charge in [-0.2, -0.15) is 0 Å². The second-order valence-electron chi connectivity index (χ2n) is 6.98. The number of esters is 1. The Morgan fingerprint density at radius 1 is 1.25 bits per heavy atom. The first-order valence-corrected chi connectivity index (χ1v) is 10.8. The van der Waals surface area contributed by atoms with Crippen LogP contribution in [0.4, 0.5) is 0 Å². The van der Waals surface area contributed by atoms with Gasteiger partial charge in [0, 0.05) is 18.2 Å². The first kappa shape index (κ1) is 21.0. The molecule has 150 valence electrons. The van der Waals surface area contributed by atoms with E-state index in [-0.39, 0.29) is 12.0 Å². The lowest BCUT2D eigenvalue weighted by atomic mass is 10.1. The van der Waals surface area contributed by atoms with Crippen LogP contribution >= 0.6 is 19.8 Å². The SMILES string of the molecule is CC(C)[C@H](N=[P+]([O-])Oc1c(Cl)ccc2ccccc12)C(=O)OC1CCOCC1. The zero-order valence-corrected chi connectivity index (χ0v) is 17.5. The zero-order valence-electron chi connectivity index (χ0n) is 15.8. The topological polar surface area (TPSA) is 80.2 Å². The van der Waals surface area contributed by atoms with Crippen molar-refractivity contribution in [2.75, 3.05) is 13.2 Å². The Balaban J connectivity index is 1.78. The van der Waals surface area contributed by atoms with Crippen molar-refractivity contribution >= 4 is 36.5 Å². The highest BCUT2D eigenvalue weighted by molar-refractivity contribution is 7.34. The molecule has 6 nitrogen and oxygen atoms in total. The monoisotopic (exact) mass is 423 g/mol. The lowest BCUT2D eigenvalue weighted by Gasteiger charge is -2.24. The smallest absolute Gasteiger partial charge is 0.395 e. The molecule has 2 atom stereocenters. The Labute approximate surface area is 170 Å². The van der Waals surface area contributed by atoms with Gasteiger partial charge in [0.2, 0.25) is 5.75 Å². The van der Waals surface area contributed by atoms with Crippen LogP contribution < -0.4 is 9.42 Å². The van der Waals surface area contributed by atoms with Crippen LogP contribution in [0.1, 0.15) is 26.7 Å². The van der Waals surface area contributed by atoms with E-state index in [9.17, 15) is 9.69 Å². The molecule has 0 saturated carbocycles. The summed E-state index contributed by atoms with van der Waals surface area (Å²) in [5, 5.41) is 1.98. The number of fused-ring (bicyclic) bond motifs is 1. The van der Waals surface area contributed by atoms with Gasteiger partial charge in [0.25, 0.3) is 0 Å². The van der Waals surface area contributed by atoms with E-state index < -0.39 is 20.2 Å². The summed E-state index contributed by atoms with van der Waals surface area (Å²) in [6, 6.07) is 10.1. The van der Waals surface area contributed by atoms with E-state index in [0.29, 0.717) is 36.8 Å². The molecular weight excluding hydrogens is 401 g/mol. The standard InChI is InChI=1S/C20H23ClNO5P/c1-13(2)18(20(23)26-15-9-11-25-12-10-15)22-28(24)27-19-16-6-4-3-5-14(16)7-8-17(19)21/h3-8,13,15,18H,9-12H2,1-2H3/t18-/m0/s1. The number of benzene rings is 2. The molecule has 1 saturated heterocycles. The predicted octanol–water partition coefficient (Wildman–Crippen LogP) is 4.47. The van der Waals surface area contributed by atoms with E-state index in [4.69, 9.17) is 25.6 Å². The van der Waals surface area contributed by atoms with Crippen molar-refractivity contribution in [2.24, 2.45) is 10.7 Å². The number of rotatable bonds is 6. The molecule has 0 N–H and O–H groups in total. The number of halogens is 1. The highest BCUT2D eigenvalue weighted by Gasteiger charge is 2.30. The average molecular weight is 424 g/mol. The summed E-state index contributed by atoms with van der Waals surface area (Å²) in [4.78, 5) is 25.1. The van der Waals surface area contributed by atoms with Crippen molar-refractivity contribution in [2.45, 2.75) is 38.8 Å². The van der Waals surface area contributed by atoms with Gasteiger partial charge in [0.1, 0.15) is 6.10 Å².